The molecule has 3 atom stereocenters. The van der Waals surface area contributed by atoms with Crippen LogP contribution in [-0.4, -0.2) is 57.4 Å². The average molecular weight is 261 g/mol. The average Bonchev–Trinajstić information content (AvgIpc) is 2.41. The molecular formula is C13H27NO4. The number of methoxy groups -OCH3 is 1. The van der Waals surface area contributed by atoms with Crippen molar-refractivity contribution in [2.24, 2.45) is 11.7 Å². The van der Waals surface area contributed by atoms with E-state index in [9.17, 15) is 5.11 Å². The summed E-state index contributed by atoms with van der Waals surface area (Å²) in [5, 5.41) is 9.72. The van der Waals surface area contributed by atoms with Crippen LogP contribution in [0.4, 0.5) is 0 Å². The van der Waals surface area contributed by atoms with Crippen molar-refractivity contribution in [1.82, 2.24) is 0 Å². The Kier molecular flexibility index (Phi) is 8.54. The van der Waals surface area contributed by atoms with E-state index in [2.05, 4.69) is 0 Å². The van der Waals surface area contributed by atoms with E-state index < -0.39 is 6.10 Å². The van der Waals surface area contributed by atoms with E-state index >= 15 is 0 Å². The number of ether oxygens (including phenoxy) is 3. The third-order valence-corrected chi connectivity index (χ3v) is 3.39. The molecule has 1 aliphatic rings. The highest BCUT2D eigenvalue weighted by molar-refractivity contribution is 4.76. The molecule has 1 fully saturated rings. The number of aliphatic hydroxyl groups excluding tert-OH is 1. The first kappa shape index (κ1) is 15.9. The van der Waals surface area contributed by atoms with Crippen molar-refractivity contribution in [1.29, 1.82) is 0 Å². The number of rotatable bonds is 9. The number of hydrogen-bond donors (Lipinski definition) is 2. The molecule has 0 aliphatic heterocycles. The fourth-order valence-electron chi connectivity index (χ4n) is 2.31. The lowest BCUT2D eigenvalue weighted by Gasteiger charge is -2.31. The van der Waals surface area contributed by atoms with Gasteiger partial charge in [-0.1, -0.05) is 12.8 Å². The minimum absolute atomic E-state index is 0.206. The van der Waals surface area contributed by atoms with E-state index in [1.165, 1.54) is 12.8 Å². The first-order valence-electron chi connectivity index (χ1n) is 6.84. The molecular weight excluding hydrogens is 234 g/mol. The van der Waals surface area contributed by atoms with Crippen LogP contribution < -0.4 is 5.73 Å². The highest BCUT2D eigenvalue weighted by atomic mass is 16.5. The Morgan fingerprint density at radius 1 is 1.22 bits per heavy atom. The summed E-state index contributed by atoms with van der Waals surface area (Å²) in [5.41, 5.74) is 5.73. The lowest BCUT2D eigenvalue weighted by Crippen LogP contribution is -2.36. The van der Waals surface area contributed by atoms with Crippen LogP contribution in [0.5, 0.6) is 0 Å². The van der Waals surface area contributed by atoms with Gasteiger partial charge in [0.25, 0.3) is 0 Å². The summed E-state index contributed by atoms with van der Waals surface area (Å²) < 4.78 is 15.9. The monoisotopic (exact) mass is 261 g/mol. The van der Waals surface area contributed by atoms with Gasteiger partial charge in [0.05, 0.1) is 32.5 Å². The summed E-state index contributed by atoms with van der Waals surface area (Å²) in [5.74, 6) is 0.445. The normalized spacial score (nSPS) is 26.2. The Balaban J connectivity index is 2.10. The maximum atomic E-state index is 9.72. The highest BCUT2D eigenvalue weighted by Crippen LogP contribution is 2.26. The summed E-state index contributed by atoms with van der Waals surface area (Å²) in [4.78, 5) is 0. The molecule has 0 bridgehead atoms. The van der Waals surface area contributed by atoms with Gasteiger partial charge in [-0.3, -0.25) is 0 Å². The van der Waals surface area contributed by atoms with E-state index in [4.69, 9.17) is 19.9 Å². The Morgan fingerprint density at radius 3 is 2.72 bits per heavy atom. The van der Waals surface area contributed by atoms with Crippen molar-refractivity contribution >= 4 is 0 Å². The van der Waals surface area contributed by atoms with Gasteiger partial charge in [-0.25, -0.2) is 0 Å². The standard InChI is InChI=1S/C13H27NO4/c1-16-6-7-17-9-12(15)10-18-13-5-3-2-4-11(13)8-14/h11-13,15H,2-10,14H2,1H3. The largest absolute Gasteiger partial charge is 0.388 e. The third kappa shape index (κ3) is 6.11. The Labute approximate surface area is 110 Å². The molecule has 0 radical (unpaired) electrons. The number of hydrogen-bond acceptors (Lipinski definition) is 5. The van der Waals surface area contributed by atoms with Crippen molar-refractivity contribution in [3.8, 4) is 0 Å². The van der Waals surface area contributed by atoms with E-state index in [0.717, 1.165) is 12.8 Å². The maximum absolute atomic E-state index is 9.72. The van der Waals surface area contributed by atoms with Crippen LogP contribution in [0, 0.1) is 5.92 Å². The van der Waals surface area contributed by atoms with Gasteiger partial charge < -0.3 is 25.1 Å². The van der Waals surface area contributed by atoms with Gasteiger partial charge in [-0.15, -0.1) is 0 Å². The molecule has 0 spiro atoms. The molecule has 3 unspecified atom stereocenters. The number of nitrogens with two attached hydrogens (primary N) is 1. The second-order valence-electron chi connectivity index (χ2n) is 4.87. The maximum Gasteiger partial charge on any atom is 0.101 e. The molecule has 18 heavy (non-hydrogen) atoms. The quantitative estimate of drug-likeness (QED) is 0.593. The van der Waals surface area contributed by atoms with Crippen LogP contribution in [0.3, 0.4) is 0 Å². The third-order valence-electron chi connectivity index (χ3n) is 3.39. The zero-order chi connectivity index (χ0) is 13.2. The lowest BCUT2D eigenvalue weighted by molar-refractivity contribution is -0.0721. The molecule has 3 N–H and O–H groups in total. The van der Waals surface area contributed by atoms with E-state index in [-0.39, 0.29) is 6.10 Å². The molecule has 0 aromatic rings. The minimum Gasteiger partial charge on any atom is -0.388 e. The van der Waals surface area contributed by atoms with Gasteiger partial charge in [0.15, 0.2) is 0 Å². The van der Waals surface area contributed by atoms with Crippen molar-refractivity contribution < 1.29 is 19.3 Å². The van der Waals surface area contributed by atoms with Crippen LogP contribution in [0.15, 0.2) is 0 Å². The Morgan fingerprint density at radius 2 is 2.00 bits per heavy atom. The molecule has 5 nitrogen and oxygen atoms in total. The second-order valence-corrected chi connectivity index (χ2v) is 4.87. The van der Waals surface area contributed by atoms with Crippen molar-refractivity contribution in [3.05, 3.63) is 0 Å². The van der Waals surface area contributed by atoms with Crippen molar-refractivity contribution in [2.75, 3.05) is 40.1 Å². The molecule has 1 rings (SSSR count). The zero-order valence-corrected chi connectivity index (χ0v) is 11.3. The molecule has 0 aromatic heterocycles. The molecule has 0 saturated heterocycles. The summed E-state index contributed by atoms with van der Waals surface area (Å²) >= 11 is 0. The topological polar surface area (TPSA) is 73.9 Å². The fraction of sp³-hybridized carbons (Fsp3) is 1.00. The SMILES string of the molecule is COCCOCC(O)COC1CCCCC1CN. The predicted octanol–water partition coefficient (Wildman–Crippen LogP) is 0.544. The van der Waals surface area contributed by atoms with Gasteiger partial charge in [-0.2, -0.15) is 0 Å². The molecule has 0 heterocycles. The van der Waals surface area contributed by atoms with Crippen LogP contribution in [0.2, 0.25) is 0 Å². The van der Waals surface area contributed by atoms with Gasteiger partial charge in [-0.05, 0) is 25.3 Å². The van der Waals surface area contributed by atoms with Gasteiger partial charge in [0.1, 0.15) is 6.10 Å². The lowest BCUT2D eigenvalue weighted by atomic mass is 9.86. The summed E-state index contributed by atoms with van der Waals surface area (Å²) in [6.07, 6.45) is 4.27. The summed E-state index contributed by atoms with van der Waals surface area (Å²) in [6, 6.07) is 0. The molecule has 5 heteroatoms. The molecule has 1 aliphatic carbocycles. The van der Waals surface area contributed by atoms with Gasteiger partial charge >= 0.3 is 0 Å². The van der Waals surface area contributed by atoms with Gasteiger partial charge in [0, 0.05) is 7.11 Å². The van der Waals surface area contributed by atoms with Crippen LogP contribution >= 0.6 is 0 Å². The summed E-state index contributed by atoms with van der Waals surface area (Å²) in [7, 11) is 1.62. The van der Waals surface area contributed by atoms with Crippen LogP contribution in [0.1, 0.15) is 25.7 Å². The highest BCUT2D eigenvalue weighted by Gasteiger charge is 2.25. The first-order valence-corrected chi connectivity index (χ1v) is 6.84. The zero-order valence-electron chi connectivity index (χ0n) is 11.3. The van der Waals surface area contributed by atoms with E-state index in [1.807, 2.05) is 0 Å². The van der Waals surface area contributed by atoms with Crippen LogP contribution in [0.25, 0.3) is 0 Å². The summed E-state index contributed by atoms with van der Waals surface area (Å²) in [6.45, 7) is 2.34. The van der Waals surface area contributed by atoms with Gasteiger partial charge in [0.2, 0.25) is 0 Å². The molecule has 0 amide bonds. The van der Waals surface area contributed by atoms with Crippen molar-refractivity contribution in [3.63, 3.8) is 0 Å². The Hall–Kier alpha value is -0.200. The fourth-order valence-corrected chi connectivity index (χ4v) is 2.31. The molecule has 1 saturated carbocycles. The predicted molar refractivity (Wildman–Crippen MR) is 69.5 cm³/mol. The molecule has 108 valence electrons. The first-order chi connectivity index (χ1) is 8.77. The van der Waals surface area contributed by atoms with Crippen LogP contribution in [-0.2, 0) is 14.2 Å². The smallest absolute Gasteiger partial charge is 0.101 e. The van der Waals surface area contributed by atoms with Crippen molar-refractivity contribution in [2.45, 2.75) is 37.9 Å². The second kappa shape index (κ2) is 9.69. The Bertz CT molecular complexity index is 203. The molecule has 0 aromatic carbocycles. The number of aliphatic hydroxyl groups is 1. The van der Waals surface area contributed by atoms with E-state index in [0.29, 0.717) is 38.9 Å². The van der Waals surface area contributed by atoms with E-state index in [1.54, 1.807) is 7.11 Å². The minimum atomic E-state index is -0.567.